The first-order chi connectivity index (χ1) is 8.01. The van der Waals surface area contributed by atoms with Crippen LogP contribution in [0.1, 0.15) is 19.3 Å². The minimum atomic E-state index is -6.17. The Kier molecular flexibility index (Phi) is 4.19. The second-order valence-electron chi connectivity index (χ2n) is 4.11. The van der Waals surface area contributed by atoms with Gasteiger partial charge in [0.2, 0.25) is 0 Å². The first-order valence-corrected chi connectivity index (χ1v) is 5.14. The highest BCUT2D eigenvalue weighted by atomic mass is 19.4. The summed E-state index contributed by atoms with van der Waals surface area (Å²) in [5, 5.41) is 0. The van der Waals surface area contributed by atoms with Gasteiger partial charge < -0.3 is 4.74 Å². The maximum Gasteiger partial charge on any atom is 0.458 e. The van der Waals surface area contributed by atoms with Crippen molar-refractivity contribution in [3.8, 4) is 0 Å². The normalized spacial score (nSPS) is 26.7. The number of hydrogen-bond donors (Lipinski definition) is 0. The molecule has 0 aliphatic heterocycles. The van der Waals surface area contributed by atoms with E-state index in [4.69, 9.17) is 0 Å². The highest BCUT2D eigenvalue weighted by molar-refractivity contribution is 4.95. The van der Waals surface area contributed by atoms with Crippen LogP contribution >= 0.6 is 0 Å². The van der Waals surface area contributed by atoms with Crippen molar-refractivity contribution in [1.82, 2.24) is 0 Å². The van der Waals surface area contributed by atoms with Crippen molar-refractivity contribution < 1.29 is 35.5 Å². The second kappa shape index (κ2) is 4.86. The number of halogens is 7. The molecule has 1 saturated carbocycles. The predicted octanol–water partition coefficient (Wildman–Crippen LogP) is 4.00. The number of hydrogen-bond acceptors (Lipinski definition) is 1. The Labute approximate surface area is 99.3 Å². The zero-order valence-corrected chi connectivity index (χ0v) is 9.11. The van der Waals surface area contributed by atoms with Gasteiger partial charge in [0, 0.05) is 0 Å². The van der Waals surface area contributed by atoms with Crippen molar-refractivity contribution in [1.29, 1.82) is 0 Å². The maximum absolute atomic E-state index is 13.2. The largest absolute Gasteiger partial charge is 0.458 e. The van der Waals surface area contributed by atoms with Crippen LogP contribution in [0.15, 0.2) is 0 Å². The van der Waals surface area contributed by atoms with Gasteiger partial charge in [0.25, 0.3) is 0 Å². The van der Waals surface area contributed by atoms with Crippen LogP contribution in [0, 0.1) is 19.3 Å². The molecular weight excluding hydrogens is 269 g/mol. The van der Waals surface area contributed by atoms with Crippen LogP contribution in [-0.4, -0.2) is 24.3 Å². The van der Waals surface area contributed by atoms with E-state index in [1.54, 1.807) is 0 Å². The van der Waals surface area contributed by atoms with Crippen LogP contribution in [-0.2, 0) is 4.74 Å². The van der Waals surface area contributed by atoms with Crippen LogP contribution in [0.5, 0.6) is 0 Å². The Morgan fingerprint density at radius 1 is 1.06 bits per heavy atom. The van der Waals surface area contributed by atoms with Gasteiger partial charge >= 0.3 is 18.2 Å². The number of alkyl halides is 7. The minimum Gasteiger partial charge on any atom is -0.328 e. The van der Waals surface area contributed by atoms with Gasteiger partial charge in [0.15, 0.2) is 0 Å². The number of ether oxygens (including phenoxy) is 1. The van der Waals surface area contributed by atoms with Crippen molar-refractivity contribution in [2.75, 3.05) is 0 Å². The third-order valence-corrected chi connectivity index (χ3v) is 2.75. The lowest BCUT2D eigenvalue weighted by molar-refractivity contribution is -0.436. The molecule has 0 aromatic rings. The highest BCUT2D eigenvalue weighted by Gasteiger charge is 2.75. The highest BCUT2D eigenvalue weighted by Crippen LogP contribution is 2.49. The van der Waals surface area contributed by atoms with E-state index < -0.39 is 24.3 Å². The molecule has 2 atom stereocenters. The van der Waals surface area contributed by atoms with E-state index in [2.05, 4.69) is 11.7 Å². The van der Waals surface area contributed by atoms with Gasteiger partial charge in [-0.2, -0.15) is 30.7 Å². The molecule has 0 aromatic heterocycles. The predicted molar refractivity (Wildman–Crippen MR) is 47.8 cm³/mol. The maximum atomic E-state index is 13.2. The van der Waals surface area contributed by atoms with Crippen LogP contribution in [0.2, 0.25) is 0 Å². The molecule has 1 fully saturated rings. The molecule has 8 heteroatoms. The molecule has 1 aliphatic carbocycles. The summed E-state index contributed by atoms with van der Waals surface area (Å²) in [4.78, 5) is 0. The topological polar surface area (TPSA) is 9.23 Å². The summed E-state index contributed by atoms with van der Waals surface area (Å²) < 4.78 is 90.0. The summed E-state index contributed by atoms with van der Waals surface area (Å²) in [5.74, 6) is -5.81. The van der Waals surface area contributed by atoms with E-state index in [-0.39, 0.29) is 18.8 Å². The van der Waals surface area contributed by atoms with Crippen LogP contribution < -0.4 is 0 Å². The Morgan fingerprint density at radius 3 is 1.89 bits per heavy atom. The molecular formula is C10H11F7O. The van der Waals surface area contributed by atoms with Gasteiger partial charge in [-0.1, -0.05) is 13.3 Å². The molecule has 2 unspecified atom stereocenters. The van der Waals surface area contributed by atoms with Gasteiger partial charge in [0.05, 0.1) is 6.10 Å². The second-order valence-corrected chi connectivity index (χ2v) is 4.11. The zero-order valence-electron chi connectivity index (χ0n) is 9.11. The van der Waals surface area contributed by atoms with Crippen molar-refractivity contribution >= 4 is 0 Å². The fraction of sp³-hybridized carbons (Fsp3) is 0.800. The molecule has 106 valence electrons. The standard InChI is InChI=1S/C10H11F7O/c1-2-6-3-4-7(5-6)18-8(11,9(12,13)14)10(15,16)17/h4,6-7H,1-3,5H2. The SMILES string of the molecule is [CH2]CC1C[CH]C(OC(F)(C(F)(F)F)C(F)(F)F)C1. The van der Waals surface area contributed by atoms with Gasteiger partial charge in [-0.15, -0.1) is 0 Å². The molecule has 1 nitrogen and oxygen atoms in total. The average Bonchev–Trinajstić information content (AvgIpc) is 2.62. The van der Waals surface area contributed by atoms with Crippen molar-refractivity contribution in [2.45, 2.75) is 43.6 Å². The molecule has 0 heterocycles. The third kappa shape index (κ3) is 2.89. The number of rotatable bonds is 3. The minimum absolute atomic E-state index is 0.0959. The summed E-state index contributed by atoms with van der Waals surface area (Å²) >= 11 is 0. The first-order valence-electron chi connectivity index (χ1n) is 5.14. The molecule has 1 aliphatic rings. The van der Waals surface area contributed by atoms with E-state index >= 15 is 0 Å². The van der Waals surface area contributed by atoms with Gasteiger partial charge in [-0.25, -0.2) is 0 Å². The quantitative estimate of drug-likeness (QED) is 0.710. The van der Waals surface area contributed by atoms with E-state index in [0.29, 0.717) is 6.42 Å². The van der Waals surface area contributed by atoms with E-state index in [9.17, 15) is 30.7 Å². The molecule has 18 heavy (non-hydrogen) atoms. The van der Waals surface area contributed by atoms with Crippen LogP contribution in [0.3, 0.4) is 0 Å². The van der Waals surface area contributed by atoms with E-state index in [0.717, 1.165) is 6.42 Å². The Balaban J connectivity index is 2.82. The first kappa shape index (κ1) is 15.5. The van der Waals surface area contributed by atoms with E-state index in [1.807, 2.05) is 0 Å². The molecule has 0 saturated heterocycles. The Morgan fingerprint density at radius 2 is 1.56 bits per heavy atom. The average molecular weight is 280 g/mol. The van der Waals surface area contributed by atoms with Crippen molar-refractivity contribution in [2.24, 2.45) is 5.92 Å². The van der Waals surface area contributed by atoms with Crippen molar-refractivity contribution in [3.63, 3.8) is 0 Å². The summed E-state index contributed by atoms with van der Waals surface area (Å²) in [6.07, 6.45) is -12.2. The van der Waals surface area contributed by atoms with Crippen LogP contribution in [0.4, 0.5) is 30.7 Å². The molecule has 0 N–H and O–H groups in total. The lowest BCUT2D eigenvalue weighted by Gasteiger charge is -2.32. The Hall–Kier alpha value is -0.530. The fourth-order valence-corrected chi connectivity index (χ4v) is 1.70. The van der Waals surface area contributed by atoms with Crippen molar-refractivity contribution in [3.05, 3.63) is 13.3 Å². The summed E-state index contributed by atoms with van der Waals surface area (Å²) in [6.45, 7) is 3.48. The zero-order chi connectivity index (χ0) is 14.2. The molecule has 1 rings (SSSR count). The monoisotopic (exact) mass is 280 g/mol. The van der Waals surface area contributed by atoms with Crippen LogP contribution in [0.25, 0.3) is 0 Å². The summed E-state index contributed by atoms with van der Waals surface area (Å²) in [7, 11) is 0. The molecule has 0 aromatic carbocycles. The third-order valence-electron chi connectivity index (χ3n) is 2.75. The molecule has 0 amide bonds. The lowest BCUT2D eigenvalue weighted by atomic mass is 10.1. The molecule has 0 bridgehead atoms. The fourth-order valence-electron chi connectivity index (χ4n) is 1.70. The molecule has 0 spiro atoms. The molecule has 2 radical (unpaired) electrons. The lowest BCUT2D eigenvalue weighted by Crippen LogP contribution is -2.56. The van der Waals surface area contributed by atoms with Gasteiger partial charge in [-0.05, 0) is 25.2 Å². The van der Waals surface area contributed by atoms with E-state index in [1.165, 1.54) is 0 Å². The smallest absolute Gasteiger partial charge is 0.328 e. The van der Waals surface area contributed by atoms with Gasteiger partial charge in [0.1, 0.15) is 0 Å². The Bertz CT molecular complexity index is 269. The van der Waals surface area contributed by atoms with Gasteiger partial charge in [-0.3, -0.25) is 0 Å². The summed E-state index contributed by atoms with van der Waals surface area (Å²) in [5.41, 5.74) is 0. The summed E-state index contributed by atoms with van der Waals surface area (Å²) in [6, 6.07) is 0.